The van der Waals surface area contributed by atoms with E-state index in [1.54, 1.807) is 18.2 Å². The SMILES string of the molecule is CCN1C(=O)C2(OC(=NC3CCCCC3)C(C(=O)OC)=C2C(=O)OC)c2ccccc21. The van der Waals surface area contributed by atoms with Crippen molar-refractivity contribution in [1.82, 2.24) is 0 Å². The van der Waals surface area contributed by atoms with Gasteiger partial charge in [-0.2, -0.15) is 0 Å². The van der Waals surface area contributed by atoms with Crippen molar-refractivity contribution < 1.29 is 28.6 Å². The molecule has 1 aromatic rings. The third-order valence-electron chi connectivity index (χ3n) is 6.16. The Hall–Kier alpha value is -3.16. The monoisotopic (exact) mass is 426 g/mol. The molecule has 8 nitrogen and oxygen atoms in total. The molecule has 0 radical (unpaired) electrons. The van der Waals surface area contributed by atoms with E-state index in [1.807, 2.05) is 13.0 Å². The average Bonchev–Trinajstić information content (AvgIpc) is 3.26. The van der Waals surface area contributed by atoms with Crippen molar-refractivity contribution in [2.45, 2.75) is 50.7 Å². The summed E-state index contributed by atoms with van der Waals surface area (Å²) in [6.45, 7) is 2.21. The number of esters is 2. The summed E-state index contributed by atoms with van der Waals surface area (Å²) >= 11 is 0. The number of benzene rings is 1. The van der Waals surface area contributed by atoms with E-state index in [4.69, 9.17) is 14.2 Å². The van der Waals surface area contributed by atoms with Crippen LogP contribution in [0, 0.1) is 0 Å². The molecular weight excluding hydrogens is 400 g/mol. The molecule has 1 spiro atoms. The second kappa shape index (κ2) is 8.17. The van der Waals surface area contributed by atoms with Crippen LogP contribution in [0.5, 0.6) is 0 Å². The number of rotatable bonds is 4. The molecule has 1 aliphatic carbocycles. The summed E-state index contributed by atoms with van der Waals surface area (Å²) in [4.78, 5) is 45.8. The number of carbonyl (C=O) groups is 3. The molecule has 1 aromatic carbocycles. The van der Waals surface area contributed by atoms with Crippen molar-refractivity contribution in [1.29, 1.82) is 0 Å². The summed E-state index contributed by atoms with van der Waals surface area (Å²) in [5.41, 5.74) is -1.03. The molecule has 0 bridgehead atoms. The number of carbonyl (C=O) groups excluding carboxylic acids is 3. The summed E-state index contributed by atoms with van der Waals surface area (Å²) in [5, 5.41) is 0. The highest BCUT2D eigenvalue weighted by molar-refractivity contribution is 6.29. The lowest BCUT2D eigenvalue weighted by Gasteiger charge is -2.25. The lowest BCUT2D eigenvalue weighted by atomic mass is 9.86. The highest BCUT2D eigenvalue weighted by atomic mass is 16.6. The van der Waals surface area contributed by atoms with Crippen LogP contribution in [0.15, 0.2) is 40.4 Å². The van der Waals surface area contributed by atoms with Crippen LogP contribution in [0.3, 0.4) is 0 Å². The summed E-state index contributed by atoms with van der Waals surface area (Å²) < 4.78 is 16.2. The number of ether oxygens (including phenoxy) is 3. The molecule has 0 N–H and O–H groups in total. The number of likely N-dealkylation sites (N-methyl/N-ethyl adjacent to an activating group) is 1. The van der Waals surface area contributed by atoms with Crippen molar-refractivity contribution in [3.63, 3.8) is 0 Å². The van der Waals surface area contributed by atoms with E-state index in [2.05, 4.69) is 4.99 Å². The van der Waals surface area contributed by atoms with E-state index >= 15 is 0 Å². The number of para-hydroxylation sites is 1. The van der Waals surface area contributed by atoms with Gasteiger partial charge >= 0.3 is 11.9 Å². The highest BCUT2D eigenvalue weighted by Crippen LogP contribution is 2.52. The Morgan fingerprint density at radius 2 is 1.81 bits per heavy atom. The van der Waals surface area contributed by atoms with Crippen molar-refractivity contribution in [2.75, 3.05) is 25.7 Å². The first-order valence-electron chi connectivity index (χ1n) is 10.6. The Bertz CT molecular complexity index is 992. The first-order valence-corrected chi connectivity index (χ1v) is 10.6. The van der Waals surface area contributed by atoms with Crippen LogP contribution in [0.2, 0.25) is 0 Å². The zero-order valence-corrected chi connectivity index (χ0v) is 18.0. The van der Waals surface area contributed by atoms with Gasteiger partial charge in [0.1, 0.15) is 11.1 Å². The average molecular weight is 426 g/mol. The standard InChI is InChI=1S/C23H26N2O6/c1-4-25-16-13-9-8-12-15(16)23(22(25)28)18(21(27)30-3)17(20(26)29-2)19(31-23)24-14-10-6-5-7-11-14/h8-9,12-14H,4-7,10-11H2,1-3H3. The van der Waals surface area contributed by atoms with Crippen LogP contribution >= 0.6 is 0 Å². The summed E-state index contributed by atoms with van der Waals surface area (Å²) in [6, 6.07) is 7.04. The molecule has 1 fully saturated rings. The fourth-order valence-electron chi connectivity index (χ4n) is 4.71. The molecule has 0 aromatic heterocycles. The molecule has 2 heterocycles. The van der Waals surface area contributed by atoms with Gasteiger partial charge < -0.3 is 19.1 Å². The number of anilines is 1. The molecule has 0 saturated heterocycles. The minimum absolute atomic E-state index is 0.0275. The van der Waals surface area contributed by atoms with Gasteiger partial charge in [-0.15, -0.1) is 0 Å². The topological polar surface area (TPSA) is 94.5 Å². The Kier molecular flexibility index (Phi) is 5.56. The minimum atomic E-state index is -1.82. The van der Waals surface area contributed by atoms with Gasteiger partial charge in [-0.25, -0.2) is 14.6 Å². The van der Waals surface area contributed by atoms with E-state index in [-0.39, 0.29) is 23.1 Å². The number of amides is 1. The molecule has 1 unspecified atom stereocenters. The molecule has 2 aliphatic heterocycles. The van der Waals surface area contributed by atoms with Gasteiger partial charge in [0.25, 0.3) is 5.91 Å². The number of fused-ring (bicyclic) bond motifs is 2. The van der Waals surface area contributed by atoms with E-state index in [0.717, 1.165) is 32.1 Å². The summed E-state index contributed by atoms with van der Waals surface area (Å²) in [6.07, 6.45) is 4.90. The second-order valence-electron chi connectivity index (χ2n) is 7.81. The molecule has 4 rings (SSSR count). The largest absolute Gasteiger partial charge is 0.466 e. The fourth-order valence-corrected chi connectivity index (χ4v) is 4.71. The van der Waals surface area contributed by atoms with Gasteiger partial charge in [-0.05, 0) is 25.8 Å². The van der Waals surface area contributed by atoms with Gasteiger partial charge in [-0.3, -0.25) is 4.79 Å². The third kappa shape index (κ3) is 3.12. The quantitative estimate of drug-likeness (QED) is 0.687. The van der Waals surface area contributed by atoms with E-state index < -0.39 is 23.4 Å². The highest BCUT2D eigenvalue weighted by Gasteiger charge is 2.64. The molecule has 8 heteroatoms. The molecule has 31 heavy (non-hydrogen) atoms. The number of aliphatic imine (C=N–C) groups is 1. The van der Waals surface area contributed by atoms with Crippen molar-refractivity contribution in [2.24, 2.45) is 4.99 Å². The van der Waals surface area contributed by atoms with Crippen LogP contribution < -0.4 is 4.90 Å². The number of nitrogens with zero attached hydrogens (tertiary/aromatic N) is 2. The minimum Gasteiger partial charge on any atom is -0.466 e. The Labute approximate surface area is 180 Å². The van der Waals surface area contributed by atoms with Gasteiger partial charge in [0.15, 0.2) is 0 Å². The number of hydrogen-bond acceptors (Lipinski definition) is 7. The van der Waals surface area contributed by atoms with Crippen LogP contribution in [0.4, 0.5) is 5.69 Å². The van der Waals surface area contributed by atoms with Gasteiger partial charge in [0, 0.05) is 12.1 Å². The van der Waals surface area contributed by atoms with Gasteiger partial charge in [-0.1, -0.05) is 37.5 Å². The number of hydrogen-bond donors (Lipinski definition) is 0. The second-order valence-corrected chi connectivity index (χ2v) is 7.81. The van der Waals surface area contributed by atoms with Crippen LogP contribution in [-0.2, 0) is 34.2 Å². The van der Waals surface area contributed by atoms with Crippen molar-refractivity contribution in [3.8, 4) is 0 Å². The van der Waals surface area contributed by atoms with Crippen LogP contribution in [0.1, 0.15) is 44.6 Å². The van der Waals surface area contributed by atoms with E-state index in [1.165, 1.54) is 19.1 Å². The zero-order valence-electron chi connectivity index (χ0n) is 18.0. The van der Waals surface area contributed by atoms with Crippen LogP contribution in [0.25, 0.3) is 0 Å². The smallest absolute Gasteiger partial charge is 0.344 e. The maximum absolute atomic E-state index is 13.7. The Morgan fingerprint density at radius 1 is 1.13 bits per heavy atom. The predicted molar refractivity (Wildman–Crippen MR) is 113 cm³/mol. The molecule has 1 saturated carbocycles. The van der Waals surface area contributed by atoms with Gasteiger partial charge in [0.05, 0.1) is 25.9 Å². The Morgan fingerprint density at radius 3 is 2.45 bits per heavy atom. The van der Waals surface area contributed by atoms with Gasteiger partial charge in [0.2, 0.25) is 11.5 Å². The Balaban J connectivity index is 1.98. The normalized spacial score (nSPS) is 24.5. The molecule has 1 amide bonds. The summed E-state index contributed by atoms with van der Waals surface area (Å²) in [5.74, 6) is -2.09. The zero-order chi connectivity index (χ0) is 22.2. The third-order valence-corrected chi connectivity index (χ3v) is 6.16. The van der Waals surface area contributed by atoms with E-state index in [0.29, 0.717) is 17.8 Å². The number of methoxy groups -OCH3 is 2. The van der Waals surface area contributed by atoms with E-state index in [9.17, 15) is 14.4 Å². The maximum atomic E-state index is 13.7. The first-order chi connectivity index (χ1) is 15.0. The lowest BCUT2D eigenvalue weighted by molar-refractivity contribution is -0.143. The lowest BCUT2D eigenvalue weighted by Crippen LogP contribution is -2.44. The molecule has 1 atom stereocenters. The fraction of sp³-hybridized carbons (Fsp3) is 0.478. The predicted octanol–water partition coefficient (Wildman–Crippen LogP) is 2.65. The maximum Gasteiger partial charge on any atom is 0.344 e. The van der Waals surface area contributed by atoms with Crippen LogP contribution in [-0.4, -0.2) is 50.5 Å². The first kappa shape index (κ1) is 21.1. The molecule has 164 valence electrons. The molecular formula is C23H26N2O6. The van der Waals surface area contributed by atoms with Crippen molar-refractivity contribution in [3.05, 3.63) is 41.0 Å². The van der Waals surface area contributed by atoms with Crippen molar-refractivity contribution >= 4 is 29.4 Å². The molecule has 3 aliphatic rings. The summed E-state index contributed by atoms with van der Waals surface area (Å²) in [7, 11) is 2.42.